The summed E-state index contributed by atoms with van der Waals surface area (Å²) in [5.41, 5.74) is 9.24. The molecule has 1 N–H and O–H groups in total. The van der Waals surface area contributed by atoms with E-state index in [1.165, 1.54) is 11.1 Å². The van der Waals surface area contributed by atoms with Crippen LogP contribution in [0.4, 0.5) is 5.69 Å². The third-order valence-corrected chi connectivity index (χ3v) is 6.36. The quantitative estimate of drug-likeness (QED) is 0.374. The highest BCUT2D eigenvalue weighted by Crippen LogP contribution is 2.29. The third-order valence-electron chi connectivity index (χ3n) is 6.36. The van der Waals surface area contributed by atoms with E-state index in [-0.39, 0.29) is 5.91 Å². The zero-order valence-corrected chi connectivity index (χ0v) is 20.8. The molecule has 6 nitrogen and oxygen atoms in total. The Morgan fingerprint density at radius 2 is 1.71 bits per heavy atom. The van der Waals surface area contributed by atoms with Crippen molar-refractivity contribution in [3.8, 4) is 11.4 Å². The summed E-state index contributed by atoms with van der Waals surface area (Å²) in [6.45, 7) is 12.9. The third kappa shape index (κ3) is 4.67. The van der Waals surface area contributed by atoms with Gasteiger partial charge >= 0.3 is 0 Å². The molecule has 0 fully saturated rings. The summed E-state index contributed by atoms with van der Waals surface area (Å²) in [6, 6.07) is 13.8. The number of carbonyl (C=O) groups excluding carboxylic acids is 1. The van der Waals surface area contributed by atoms with Crippen LogP contribution in [0, 0.1) is 34.6 Å². The second-order valence-corrected chi connectivity index (χ2v) is 8.77. The van der Waals surface area contributed by atoms with Crippen molar-refractivity contribution in [2.75, 3.05) is 11.9 Å². The van der Waals surface area contributed by atoms with Gasteiger partial charge in [0, 0.05) is 23.2 Å². The second-order valence-electron chi connectivity index (χ2n) is 8.77. The Bertz CT molecular complexity index is 1350. The molecule has 6 heteroatoms. The fourth-order valence-corrected chi connectivity index (χ4v) is 4.37. The molecule has 0 spiro atoms. The van der Waals surface area contributed by atoms with Gasteiger partial charge in [-0.3, -0.25) is 4.79 Å². The number of aromatic nitrogens is 3. The summed E-state index contributed by atoms with van der Waals surface area (Å²) >= 11 is 0. The van der Waals surface area contributed by atoms with Crippen molar-refractivity contribution in [3.05, 3.63) is 76.1 Å². The Kier molecular flexibility index (Phi) is 6.68. The Labute approximate surface area is 201 Å². The van der Waals surface area contributed by atoms with E-state index in [2.05, 4.69) is 44.3 Å². The predicted molar refractivity (Wildman–Crippen MR) is 137 cm³/mol. The monoisotopic (exact) mass is 456 g/mol. The van der Waals surface area contributed by atoms with Crippen LogP contribution in [0.15, 0.2) is 42.5 Å². The fraction of sp³-hybridized carbons (Fsp3) is 0.321. The molecule has 4 aromatic rings. The van der Waals surface area contributed by atoms with Gasteiger partial charge < -0.3 is 10.1 Å². The fourth-order valence-electron chi connectivity index (χ4n) is 4.37. The van der Waals surface area contributed by atoms with Gasteiger partial charge in [0.15, 0.2) is 5.65 Å². The van der Waals surface area contributed by atoms with Gasteiger partial charge in [-0.05, 0) is 107 Å². The first kappa shape index (κ1) is 23.5. The highest BCUT2D eigenvalue weighted by atomic mass is 16.5. The molecule has 0 aliphatic heterocycles. The number of fused-ring (bicyclic) bond motifs is 1. The maximum Gasteiger partial charge on any atom is 0.224 e. The number of nitrogens with one attached hydrogen (secondary N) is 1. The number of ether oxygens (including phenoxy) is 1. The first-order valence-corrected chi connectivity index (χ1v) is 11.7. The van der Waals surface area contributed by atoms with E-state index in [1.807, 2.05) is 49.7 Å². The van der Waals surface area contributed by atoms with Crippen LogP contribution in [-0.4, -0.2) is 27.3 Å². The van der Waals surface area contributed by atoms with Crippen LogP contribution in [0.5, 0.6) is 5.75 Å². The Balaban J connectivity index is 1.56. The molecule has 2 heterocycles. The highest BCUT2D eigenvalue weighted by Gasteiger charge is 2.18. The lowest BCUT2D eigenvalue weighted by Crippen LogP contribution is -2.13. The summed E-state index contributed by atoms with van der Waals surface area (Å²) in [7, 11) is 0. The van der Waals surface area contributed by atoms with Crippen molar-refractivity contribution < 1.29 is 9.53 Å². The summed E-state index contributed by atoms with van der Waals surface area (Å²) in [6.07, 6.45) is 1.00. The second kappa shape index (κ2) is 9.67. The summed E-state index contributed by atoms with van der Waals surface area (Å²) in [5.74, 6) is 0.772. The molecular formula is C28H32N4O2. The van der Waals surface area contributed by atoms with Crippen LogP contribution in [0.1, 0.15) is 47.0 Å². The predicted octanol–water partition coefficient (Wildman–Crippen LogP) is 5.93. The van der Waals surface area contributed by atoms with Gasteiger partial charge in [-0.2, -0.15) is 5.10 Å². The zero-order valence-electron chi connectivity index (χ0n) is 20.8. The molecule has 4 rings (SSSR count). The minimum absolute atomic E-state index is 0.0226. The Morgan fingerprint density at radius 3 is 2.38 bits per heavy atom. The zero-order chi connectivity index (χ0) is 24.4. The summed E-state index contributed by atoms with van der Waals surface area (Å²) < 4.78 is 7.39. The largest absolute Gasteiger partial charge is 0.494 e. The molecule has 0 aliphatic rings. The lowest BCUT2D eigenvalue weighted by atomic mass is 9.99. The van der Waals surface area contributed by atoms with Gasteiger partial charge in [0.2, 0.25) is 5.91 Å². The van der Waals surface area contributed by atoms with E-state index >= 15 is 0 Å². The van der Waals surface area contributed by atoms with Crippen LogP contribution in [-0.2, 0) is 11.2 Å². The number of benzene rings is 2. The molecule has 0 radical (unpaired) electrons. The van der Waals surface area contributed by atoms with Gasteiger partial charge in [-0.25, -0.2) is 9.67 Å². The van der Waals surface area contributed by atoms with E-state index < -0.39 is 0 Å². The van der Waals surface area contributed by atoms with Crippen LogP contribution in [0.25, 0.3) is 16.7 Å². The molecule has 0 saturated heterocycles. The first-order chi connectivity index (χ1) is 16.3. The number of nitrogens with zero attached hydrogens (tertiary/aromatic N) is 3. The standard InChI is InChI=1S/C28H32N4O2/c1-7-34-24-12-9-22(10-13-24)30-26(33)15-14-25-19(4)27-21(6)31-32(28(27)29-20(25)5)23-11-8-17(2)18(3)16-23/h8-13,16H,7,14-15H2,1-6H3,(H,30,33). The number of hydrogen-bond donors (Lipinski definition) is 1. The molecule has 0 atom stereocenters. The van der Waals surface area contributed by atoms with Gasteiger partial charge in [-0.15, -0.1) is 0 Å². The van der Waals surface area contributed by atoms with Gasteiger partial charge in [0.05, 0.1) is 18.0 Å². The molecule has 0 bridgehead atoms. The van der Waals surface area contributed by atoms with Gasteiger partial charge in [0.1, 0.15) is 5.75 Å². The van der Waals surface area contributed by atoms with E-state index in [9.17, 15) is 4.79 Å². The van der Waals surface area contributed by atoms with E-state index in [1.54, 1.807) is 0 Å². The first-order valence-electron chi connectivity index (χ1n) is 11.7. The number of hydrogen-bond acceptors (Lipinski definition) is 4. The van der Waals surface area contributed by atoms with Crippen molar-refractivity contribution in [2.24, 2.45) is 0 Å². The minimum Gasteiger partial charge on any atom is -0.494 e. The maximum atomic E-state index is 12.6. The Morgan fingerprint density at radius 1 is 0.971 bits per heavy atom. The smallest absolute Gasteiger partial charge is 0.224 e. The lowest BCUT2D eigenvalue weighted by Gasteiger charge is -2.12. The van der Waals surface area contributed by atoms with Crippen molar-refractivity contribution in [1.29, 1.82) is 0 Å². The number of pyridine rings is 1. The maximum absolute atomic E-state index is 12.6. The van der Waals surface area contributed by atoms with Gasteiger partial charge in [0.25, 0.3) is 0 Å². The number of rotatable bonds is 7. The number of amides is 1. The average Bonchev–Trinajstić information content (AvgIpc) is 3.13. The van der Waals surface area contributed by atoms with Crippen LogP contribution in [0.2, 0.25) is 0 Å². The average molecular weight is 457 g/mol. The van der Waals surface area contributed by atoms with Crippen molar-refractivity contribution in [3.63, 3.8) is 0 Å². The number of anilines is 1. The highest BCUT2D eigenvalue weighted by molar-refractivity contribution is 5.91. The molecule has 176 valence electrons. The van der Waals surface area contributed by atoms with E-state index in [4.69, 9.17) is 14.8 Å². The molecule has 34 heavy (non-hydrogen) atoms. The topological polar surface area (TPSA) is 69.0 Å². The molecule has 2 aromatic carbocycles. The lowest BCUT2D eigenvalue weighted by molar-refractivity contribution is -0.116. The SMILES string of the molecule is CCOc1ccc(NC(=O)CCc2c(C)nc3c(c(C)nn3-c3ccc(C)c(C)c3)c2C)cc1. The number of aryl methyl sites for hydroxylation is 5. The normalized spacial score (nSPS) is 11.1. The Hall–Kier alpha value is -3.67. The minimum atomic E-state index is -0.0226. The van der Waals surface area contributed by atoms with Gasteiger partial charge in [-0.1, -0.05) is 6.07 Å². The summed E-state index contributed by atoms with van der Waals surface area (Å²) in [4.78, 5) is 17.5. The van der Waals surface area contributed by atoms with Crippen molar-refractivity contribution in [2.45, 2.75) is 54.4 Å². The molecular weight excluding hydrogens is 424 g/mol. The van der Waals surface area contributed by atoms with Crippen molar-refractivity contribution >= 4 is 22.6 Å². The molecule has 0 unspecified atom stereocenters. The summed E-state index contributed by atoms with van der Waals surface area (Å²) in [5, 5.41) is 8.84. The van der Waals surface area contributed by atoms with Crippen LogP contribution >= 0.6 is 0 Å². The number of carbonyl (C=O) groups is 1. The van der Waals surface area contributed by atoms with E-state index in [0.29, 0.717) is 19.4 Å². The molecule has 0 saturated carbocycles. The molecule has 0 aliphatic carbocycles. The van der Waals surface area contributed by atoms with Crippen LogP contribution < -0.4 is 10.1 Å². The van der Waals surface area contributed by atoms with Crippen LogP contribution in [0.3, 0.4) is 0 Å². The van der Waals surface area contributed by atoms with Crippen molar-refractivity contribution in [1.82, 2.24) is 14.8 Å². The van der Waals surface area contributed by atoms with E-state index in [0.717, 1.165) is 50.7 Å². The molecule has 1 amide bonds. The molecule has 2 aromatic heterocycles.